The molecular formula is C12H25NO3S. The molecule has 0 radical (unpaired) electrons. The Labute approximate surface area is 105 Å². The topological polar surface area (TPSA) is 57.6 Å². The summed E-state index contributed by atoms with van der Waals surface area (Å²) in [7, 11) is -1.43. The summed E-state index contributed by atoms with van der Waals surface area (Å²) in [5, 5.41) is 8.68. The summed E-state index contributed by atoms with van der Waals surface area (Å²) >= 11 is 0. The van der Waals surface area contributed by atoms with Gasteiger partial charge in [-0.15, -0.1) is 0 Å². The molecule has 2 unspecified atom stereocenters. The molecule has 1 fully saturated rings. The van der Waals surface area contributed by atoms with Crippen molar-refractivity contribution in [3.05, 3.63) is 0 Å². The Balaban J connectivity index is 2.57. The van der Waals surface area contributed by atoms with Gasteiger partial charge in [-0.3, -0.25) is 0 Å². The lowest BCUT2D eigenvalue weighted by molar-refractivity contribution is 0.213. The van der Waals surface area contributed by atoms with Gasteiger partial charge in [-0.25, -0.2) is 12.7 Å². The van der Waals surface area contributed by atoms with Crippen molar-refractivity contribution in [1.82, 2.24) is 4.31 Å². The van der Waals surface area contributed by atoms with Crippen LogP contribution in [0.3, 0.4) is 0 Å². The number of unbranched alkanes of at least 4 members (excludes halogenated alkanes) is 1. The largest absolute Gasteiger partial charge is 0.396 e. The minimum absolute atomic E-state index is 0.0685. The van der Waals surface area contributed by atoms with Gasteiger partial charge in [0.15, 0.2) is 0 Å². The third-order valence-corrected chi connectivity index (χ3v) is 5.74. The van der Waals surface area contributed by atoms with E-state index in [1.165, 1.54) is 6.42 Å². The van der Waals surface area contributed by atoms with Crippen molar-refractivity contribution in [2.75, 3.05) is 19.4 Å². The molecule has 4 nitrogen and oxygen atoms in total. The van der Waals surface area contributed by atoms with E-state index in [-0.39, 0.29) is 18.4 Å². The van der Waals surface area contributed by atoms with Crippen LogP contribution < -0.4 is 0 Å². The summed E-state index contributed by atoms with van der Waals surface area (Å²) in [5.41, 5.74) is 0. The van der Waals surface area contributed by atoms with Crippen molar-refractivity contribution in [1.29, 1.82) is 0 Å². The molecule has 5 heteroatoms. The molecule has 0 aromatic rings. The van der Waals surface area contributed by atoms with Crippen molar-refractivity contribution in [2.45, 2.75) is 51.5 Å². The van der Waals surface area contributed by atoms with Gasteiger partial charge in [0.25, 0.3) is 0 Å². The van der Waals surface area contributed by atoms with Crippen molar-refractivity contribution in [3.63, 3.8) is 0 Å². The molecule has 0 amide bonds. The van der Waals surface area contributed by atoms with E-state index in [0.29, 0.717) is 18.8 Å². The maximum atomic E-state index is 12.1. The lowest BCUT2D eigenvalue weighted by Crippen LogP contribution is -2.43. The summed E-state index contributed by atoms with van der Waals surface area (Å²) in [6.45, 7) is 2.21. The molecule has 0 saturated heterocycles. The molecule has 1 N–H and O–H groups in total. The maximum Gasteiger partial charge on any atom is 0.214 e. The maximum absolute atomic E-state index is 12.1. The van der Waals surface area contributed by atoms with Crippen LogP contribution in [0.5, 0.6) is 0 Å². The van der Waals surface area contributed by atoms with Crippen LogP contribution in [-0.4, -0.2) is 43.3 Å². The second-order valence-electron chi connectivity index (χ2n) is 5.09. The SMILES string of the molecule is CC1CCCCC1N(C)S(=O)(=O)CCCCO. The Morgan fingerprint density at radius 1 is 1.24 bits per heavy atom. The van der Waals surface area contributed by atoms with Crippen molar-refractivity contribution < 1.29 is 13.5 Å². The van der Waals surface area contributed by atoms with Gasteiger partial charge in [0.05, 0.1) is 5.75 Å². The smallest absolute Gasteiger partial charge is 0.214 e. The molecule has 0 spiro atoms. The van der Waals surface area contributed by atoms with E-state index in [1.807, 2.05) is 0 Å². The number of aliphatic hydroxyl groups is 1. The zero-order chi connectivity index (χ0) is 12.9. The predicted molar refractivity (Wildman–Crippen MR) is 69.3 cm³/mol. The van der Waals surface area contributed by atoms with Crippen LogP contribution in [0.15, 0.2) is 0 Å². The van der Waals surface area contributed by atoms with Crippen LogP contribution >= 0.6 is 0 Å². The average Bonchev–Trinajstić information content (AvgIpc) is 2.29. The van der Waals surface area contributed by atoms with E-state index in [9.17, 15) is 8.42 Å². The van der Waals surface area contributed by atoms with Crippen molar-refractivity contribution in [3.8, 4) is 0 Å². The first kappa shape index (κ1) is 14.9. The molecule has 1 aliphatic carbocycles. The lowest BCUT2D eigenvalue weighted by atomic mass is 9.86. The molecule has 0 aromatic carbocycles. The van der Waals surface area contributed by atoms with Crippen molar-refractivity contribution in [2.24, 2.45) is 5.92 Å². The van der Waals surface area contributed by atoms with Gasteiger partial charge in [-0.2, -0.15) is 0 Å². The van der Waals surface area contributed by atoms with E-state index >= 15 is 0 Å². The van der Waals surface area contributed by atoms with Crippen LogP contribution in [0.4, 0.5) is 0 Å². The van der Waals surface area contributed by atoms with E-state index in [4.69, 9.17) is 5.11 Å². The highest BCUT2D eigenvalue weighted by molar-refractivity contribution is 7.89. The molecule has 0 aliphatic heterocycles. The van der Waals surface area contributed by atoms with Crippen LogP contribution in [0.2, 0.25) is 0 Å². The average molecular weight is 263 g/mol. The number of hydrogen-bond acceptors (Lipinski definition) is 3. The highest BCUT2D eigenvalue weighted by atomic mass is 32.2. The Bertz CT molecular complexity index is 316. The molecule has 2 atom stereocenters. The second kappa shape index (κ2) is 6.71. The summed E-state index contributed by atoms with van der Waals surface area (Å²) in [6, 6.07) is 0.169. The summed E-state index contributed by atoms with van der Waals surface area (Å²) in [5.74, 6) is 0.620. The quantitative estimate of drug-likeness (QED) is 0.741. The Kier molecular flexibility index (Phi) is 5.89. The number of rotatable bonds is 6. The summed E-state index contributed by atoms with van der Waals surface area (Å²) in [6.07, 6.45) is 5.57. The second-order valence-corrected chi connectivity index (χ2v) is 7.24. The fraction of sp³-hybridized carbons (Fsp3) is 1.00. The van der Waals surface area contributed by atoms with E-state index < -0.39 is 10.0 Å². The summed E-state index contributed by atoms with van der Waals surface area (Å²) < 4.78 is 25.8. The standard InChI is InChI=1S/C12H25NO3S/c1-11-7-3-4-8-12(11)13(2)17(15,16)10-6-5-9-14/h11-12,14H,3-10H2,1-2H3. The fourth-order valence-electron chi connectivity index (χ4n) is 2.58. The highest BCUT2D eigenvalue weighted by Gasteiger charge is 2.31. The van der Waals surface area contributed by atoms with Gasteiger partial charge >= 0.3 is 0 Å². The van der Waals surface area contributed by atoms with Gasteiger partial charge < -0.3 is 5.11 Å². The number of nitrogens with zero attached hydrogens (tertiary/aromatic N) is 1. The van der Waals surface area contributed by atoms with Gasteiger partial charge in [-0.1, -0.05) is 19.8 Å². The number of hydrogen-bond donors (Lipinski definition) is 1. The predicted octanol–water partition coefficient (Wildman–Crippen LogP) is 1.60. The zero-order valence-electron chi connectivity index (χ0n) is 10.9. The van der Waals surface area contributed by atoms with Gasteiger partial charge in [-0.05, 0) is 31.6 Å². The minimum atomic E-state index is -3.14. The Morgan fingerprint density at radius 2 is 1.88 bits per heavy atom. The molecule has 0 heterocycles. The first-order chi connectivity index (χ1) is 7.99. The minimum Gasteiger partial charge on any atom is -0.396 e. The van der Waals surface area contributed by atoms with Gasteiger partial charge in [0, 0.05) is 19.7 Å². The third kappa shape index (κ3) is 4.23. The Morgan fingerprint density at radius 3 is 2.47 bits per heavy atom. The molecule has 102 valence electrons. The van der Waals surface area contributed by atoms with Gasteiger partial charge in [0.1, 0.15) is 0 Å². The first-order valence-electron chi connectivity index (χ1n) is 6.55. The highest BCUT2D eigenvalue weighted by Crippen LogP contribution is 2.28. The van der Waals surface area contributed by atoms with E-state index in [0.717, 1.165) is 19.3 Å². The van der Waals surface area contributed by atoms with Gasteiger partial charge in [0.2, 0.25) is 10.0 Å². The molecule has 1 aliphatic rings. The fourth-order valence-corrected chi connectivity index (χ4v) is 4.17. The van der Waals surface area contributed by atoms with Crippen LogP contribution in [0, 0.1) is 5.92 Å². The van der Waals surface area contributed by atoms with Crippen LogP contribution in [-0.2, 0) is 10.0 Å². The monoisotopic (exact) mass is 263 g/mol. The zero-order valence-corrected chi connectivity index (χ0v) is 11.7. The van der Waals surface area contributed by atoms with Crippen LogP contribution in [0.25, 0.3) is 0 Å². The molecule has 0 aromatic heterocycles. The van der Waals surface area contributed by atoms with E-state index in [1.54, 1.807) is 11.4 Å². The Hall–Kier alpha value is -0.130. The lowest BCUT2D eigenvalue weighted by Gasteiger charge is -2.35. The molecular weight excluding hydrogens is 238 g/mol. The molecule has 0 bridgehead atoms. The number of sulfonamides is 1. The number of aliphatic hydroxyl groups excluding tert-OH is 1. The molecule has 17 heavy (non-hydrogen) atoms. The third-order valence-electron chi connectivity index (χ3n) is 3.78. The van der Waals surface area contributed by atoms with E-state index in [2.05, 4.69) is 6.92 Å². The molecule has 1 rings (SSSR count). The van der Waals surface area contributed by atoms with Crippen LogP contribution in [0.1, 0.15) is 45.4 Å². The van der Waals surface area contributed by atoms with Crippen molar-refractivity contribution >= 4 is 10.0 Å². The first-order valence-corrected chi connectivity index (χ1v) is 8.16. The molecule has 1 saturated carbocycles. The summed E-state index contributed by atoms with van der Waals surface area (Å²) in [4.78, 5) is 0. The normalized spacial score (nSPS) is 26.4.